The van der Waals surface area contributed by atoms with Gasteiger partial charge in [-0.15, -0.1) is 0 Å². The second-order valence-corrected chi connectivity index (χ2v) is 4.57. The molecule has 1 aliphatic rings. The zero-order chi connectivity index (χ0) is 12.8. The number of hydrogen-bond acceptors (Lipinski definition) is 4. The van der Waals surface area contributed by atoms with E-state index in [2.05, 4.69) is 4.90 Å². The smallest absolute Gasteiger partial charge is 0.124 e. The third-order valence-corrected chi connectivity index (χ3v) is 3.35. The maximum absolute atomic E-state index is 5.81. The summed E-state index contributed by atoms with van der Waals surface area (Å²) < 4.78 is 11.0. The van der Waals surface area contributed by atoms with E-state index in [-0.39, 0.29) is 0 Å². The highest BCUT2D eigenvalue weighted by Gasteiger charge is 2.11. The first-order chi connectivity index (χ1) is 8.83. The van der Waals surface area contributed by atoms with E-state index in [1.807, 2.05) is 18.2 Å². The Hall–Kier alpha value is -1.26. The Kier molecular flexibility index (Phi) is 4.84. The molecule has 1 aromatic carbocycles. The van der Waals surface area contributed by atoms with Crippen molar-refractivity contribution in [3.8, 4) is 11.5 Å². The maximum Gasteiger partial charge on any atom is 0.124 e. The normalized spacial score (nSPS) is 15.9. The topological polar surface area (TPSA) is 47.7 Å². The summed E-state index contributed by atoms with van der Waals surface area (Å²) in [4.78, 5) is 2.44. The number of rotatable bonds is 6. The highest BCUT2D eigenvalue weighted by atomic mass is 16.5. The second kappa shape index (κ2) is 6.61. The molecular formula is C14H22N2O2. The lowest BCUT2D eigenvalue weighted by Crippen LogP contribution is -2.25. The lowest BCUT2D eigenvalue weighted by molar-refractivity contribution is 0.236. The summed E-state index contributed by atoms with van der Waals surface area (Å²) in [7, 11) is 1.66. The van der Waals surface area contributed by atoms with Gasteiger partial charge in [0.15, 0.2) is 0 Å². The minimum Gasteiger partial charge on any atom is -0.497 e. The first-order valence-corrected chi connectivity index (χ1v) is 6.55. The van der Waals surface area contributed by atoms with Gasteiger partial charge in [-0.3, -0.25) is 4.90 Å². The van der Waals surface area contributed by atoms with Gasteiger partial charge >= 0.3 is 0 Å². The number of nitrogens with zero attached hydrogens (tertiary/aromatic N) is 1. The van der Waals surface area contributed by atoms with Gasteiger partial charge in [0.2, 0.25) is 0 Å². The van der Waals surface area contributed by atoms with Gasteiger partial charge in [-0.25, -0.2) is 0 Å². The molecule has 0 unspecified atom stereocenters. The number of hydrogen-bond donors (Lipinski definition) is 1. The second-order valence-electron chi connectivity index (χ2n) is 4.57. The SMILES string of the molecule is COc1ccc(OCCN2CCCC2)c(CN)c1. The van der Waals surface area contributed by atoms with Gasteiger partial charge in [-0.2, -0.15) is 0 Å². The molecule has 4 heteroatoms. The number of methoxy groups -OCH3 is 1. The van der Waals surface area contributed by atoms with E-state index in [0.717, 1.165) is 30.2 Å². The summed E-state index contributed by atoms with van der Waals surface area (Å²) in [6.07, 6.45) is 2.63. The van der Waals surface area contributed by atoms with Gasteiger partial charge in [0, 0.05) is 18.7 Å². The van der Waals surface area contributed by atoms with E-state index in [9.17, 15) is 0 Å². The number of nitrogens with two attached hydrogens (primary N) is 1. The van der Waals surface area contributed by atoms with E-state index < -0.39 is 0 Å². The molecule has 1 aromatic rings. The zero-order valence-corrected chi connectivity index (χ0v) is 11.0. The Morgan fingerprint density at radius 3 is 2.72 bits per heavy atom. The molecule has 2 N–H and O–H groups in total. The van der Waals surface area contributed by atoms with Crippen LogP contribution < -0.4 is 15.2 Å². The Bertz CT molecular complexity index is 376. The molecule has 0 saturated carbocycles. The average Bonchev–Trinajstić information content (AvgIpc) is 2.92. The zero-order valence-electron chi connectivity index (χ0n) is 11.0. The molecule has 0 amide bonds. The lowest BCUT2D eigenvalue weighted by atomic mass is 10.2. The highest BCUT2D eigenvalue weighted by molar-refractivity contribution is 5.40. The van der Waals surface area contributed by atoms with E-state index in [1.54, 1.807) is 7.11 Å². The molecule has 0 bridgehead atoms. The van der Waals surface area contributed by atoms with Crippen LogP contribution in [0, 0.1) is 0 Å². The van der Waals surface area contributed by atoms with Gasteiger partial charge in [0.1, 0.15) is 18.1 Å². The van der Waals surface area contributed by atoms with Crippen LogP contribution in [0.15, 0.2) is 18.2 Å². The molecule has 1 aliphatic heterocycles. The first kappa shape index (κ1) is 13.2. The van der Waals surface area contributed by atoms with Crippen molar-refractivity contribution in [1.29, 1.82) is 0 Å². The molecule has 1 heterocycles. The summed E-state index contributed by atoms with van der Waals surface area (Å²) >= 11 is 0. The molecule has 0 aromatic heterocycles. The van der Waals surface area contributed by atoms with Crippen LogP contribution in [0.2, 0.25) is 0 Å². The van der Waals surface area contributed by atoms with E-state index in [4.69, 9.17) is 15.2 Å². The number of benzene rings is 1. The van der Waals surface area contributed by atoms with Crippen LogP contribution >= 0.6 is 0 Å². The van der Waals surface area contributed by atoms with Crippen molar-refractivity contribution in [3.05, 3.63) is 23.8 Å². The fourth-order valence-electron chi connectivity index (χ4n) is 2.27. The largest absolute Gasteiger partial charge is 0.497 e. The van der Waals surface area contributed by atoms with Gasteiger partial charge in [0.25, 0.3) is 0 Å². The van der Waals surface area contributed by atoms with Gasteiger partial charge < -0.3 is 15.2 Å². The predicted molar refractivity (Wildman–Crippen MR) is 72.1 cm³/mol. The molecule has 4 nitrogen and oxygen atoms in total. The molecule has 100 valence electrons. The molecule has 0 spiro atoms. The van der Waals surface area contributed by atoms with Crippen molar-refractivity contribution in [3.63, 3.8) is 0 Å². The minimum atomic E-state index is 0.468. The van der Waals surface area contributed by atoms with Gasteiger partial charge in [-0.05, 0) is 44.1 Å². The minimum absolute atomic E-state index is 0.468. The maximum atomic E-state index is 5.81. The monoisotopic (exact) mass is 250 g/mol. The fraction of sp³-hybridized carbons (Fsp3) is 0.571. The molecule has 0 radical (unpaired) electrons. The summed E-state index contributed by atoms with van der Waals surface area (Å²) in [5.74, 6) is 1.69. The molecular weight excluding hydrogens is 228 g/mol. The van der Waals surface area contributed by atoms with Crippen molar-refractivity contribution in [1.82, 2.24) is 4.90 Å². The summed E-state index contributed by atoms with van der Waals surface area (Å²) in [5, 5.41) is 0. The Balaban J connectivity index is 1.87. The van der Waals surface area contributed by atoms with E-state index in [1.165, 1.54) is 25.9 Å². The predicted octanol–water partition coefficient (Wildman–Crippen LogP) is 1.63. The van der Waals surface area contributed by atoms with Crippen molar-refractivity contribution in [2.45, 2.75) is 19.4 Å². The Morgan fingerprint density at radius 2 is 2.06 bits per heavy atom. The standard InChI is InChI=1S/C14H22N2O2/c1-17-13-4-5-14(12(10-13)11-15)18-9-8-16-6-2-3-7-16/h4-5,10H,2-3,6-9,11,15H2,1H3. The molecule has 1 fully saturated rings. The third-order valence-electron chi connectivity index (χ3n) is 3.35. The van der Waals surface area contributed by atoms with Crippen molar-refractivity contribution >= 4 is 0 Å². The van der Waals surface area contributed by atoms with Crippen LogP contribution in [-0.4, -0.2) is 38.3 Å². The fourth-order valence-corrected chi connectivity index (χ4v) is 2.27. The van der Waals surface area contributed by atoms with Crippen molar-refractivity contribution in [2.75, 3.05) is 33.4 Å². The van der Waals surface area contributed by atoms with E-state index >= 15 is 0 Å². The number of ether oxygens (including phenoxy) is 2. The molecule has 2 rings (SSSR count). The van der Waals surface area contributed by atoms with Crippen molar-refractivity contribution < 1.29 is 9.47 Å². The number of likely N-dealkylation sites (tertiary alicyclic amines) is 1. The van der Waals surface area contributed by atoms with Gasteiger partial charge in [0.05, 0.1) is 7.11 Å². The van der Waals surface area contributed by atoms with E-state index in [0.29, 0.717) is 6.54 Å². The molecule has 0 aliphatic carbocycles. The molecule has 1 saturated heterocycles. The van der Waals surface area contributed by atoms with Crippen molar-refractivity contribution in [2.24, 2.45) is 5.73 Å². The van der Waals surface area contributed by atoms with Crippen LogP contribution in [-0.2, 0) is 6.54 Å². The highest BCUT2D eigenvalue weighted by Crippen LogP contribution is 2.23. The van der Waals surface area contributed by atoms with Crippen LogP contribution in [0.1, 0.15) is 18.4 Å². The first-order valence-electron chi connectivity index (χ1n) is 6.55. The summed E-state index contributed by atoms with van der Waals surface area (Å²) in [6, 6.07) is 5.78. The Morgan fingerprint density at radius 1 is 1.28 bits per heavy atom. The Labute approximate surface area is 109 Å². The van der Waals surface area contributed by atoms with Crippen LogP contribution in [0.3, 0.4) is 0 Å². The summed E-state index contributed by atoms with van der Waals surface area (Å²) in [5.41, 5.74) is 6.72. The van der Waals surface area contributed by atoms with Crippen LogP contribution in [0.25, 0.3) is 0 Å². The molecule has 18 heavy (non-hydrogen) atoms. The average molecular weight is 250 g/mol. The van der Waals surface area contributed by atoms with Crippen LogP contribution in [0.5, 0.6) is 11.5 Å². The quantitative estimate of drug-likeness (QED) is 0.833. The third kappa shape index (κ3) is 3.37. The molecule has 0 atom stereocenters. The lowest BCUT2D eigenvalue weighted by Gasteiger charge is -2.16. The van der Waals surface area contributed by atoms with Gasteiger partial charge in [-0.1, -0.05) is 0 Å². The summed E-state index contributed by atoms with van der Waals surface area (Å²) in [6.45, 7) is 4.59. The van der Waals surface area contributed by atoms with Crippen LogP contribution in [0.4, 0.5) is 0 Å².